The molecule has 150 valence electrons. The quantitative estimate of drug-likeness (QED) is 0.615. The normalized spacial score (nSPS) is 12.2. The number of amides is 3. The third-order valence-electron chi connectivity index (χ3n) is 4.60. The lowest BCUT2D eigenvalue weighted by Gasteiger charge is -2.11. The van der Waals surface area contributed by atoms with E-state index in [-0.39, 0.29) is 17.9 Å². The van der Waals surface area contributed by atoms with Crippen molar-refractivity contribution in [2.75, 3.05) is 12.4 Å². The Labute approximate surface area is 172 Å². The van der Waals surface area contributed by atoms with Gasteiger partial charge in [0.15, 0.2) is 0 Å². The lowest BCUT2D eigenvalue weighted by molar-refractivity contribution is -0.115. The smallest absolute Gasteiger partial charge is 0.259 e. The van der Waals surface area contributed by atoms with Crippen LogP contribution < -0.4 is 20.1 Å². The average molecular weight is 402 g/mol. The number of rotatable bonds is 6. The molecule has 3 aromatic carbocycles. The average Bonchev–Trinajstić information content (AvgIpc) is 3.02. The van der Waals surface area contributed by atoms with Gasteiger partial charge in [0.2, 0.25) is 5.91 Å². The lowest BCUT2D eigenvalue weighted by atomic mass is 10.1. The molecule has 0 unspecified atom stereocenters. The predicted molar refractivity (Wildman–Crippen MR) is 110 cm³/mol. The summed E-state index contributed by atoms with van der Waals surface area (Å²) in [5.41, 5.74) is 1.96. The van der Waals surface area contributed by atoms with Crippen molar-refractivity contribution in [2.45, 2.75) is 6.42 Å². The van der Waals surface area contributed by atoms with E-state index in [0.717, 1.165) is 5.56 Å². The van der Waals surface area contributed by atoms with Crippen LogP contribution in [-0.4, -0.2) is 24.8 Å². The second-order valence-corrected chi connectivity index (χ2v) is 6.66. The first-order valence-corrected chi connectivity index (χ1v) is 9.23. The molecular weight excluding hydrogens is 384 g/mol. The zero-order valence-electron chi connectivity index (χ0n) is 16.1. The molecule has 30 heavy (non-hydrogen) atoms. The number of nitrogens with one attached hydrogen (secondary N) is 2. The van der Waals surface area contributed by atoms with Gasteiger partial charge in [-0.05, 0) is 36.4 Å². The maximum atomic E-state index is 12.4. The second kappa shape index (κ2) is 8.08. The van der Waals surface area contributed by atoms with Crippen LogP contribution in [0.3, 0.4) is 0 Å². The maximum absolute atomic E-state index is 12.4. The molecule has 1 heterocycles. The van der Waals surface area contributed by atoms with Crippen molar-refractivity contribution in [1.82, 2.24) is 5.32 Å². The molecule has 0 bridgehead atoms. The maximum Gasteiger partial charge on any atom is 0.259 e. The van der Waals surface area contributed by atoms with Crippen molar-refractivity contribution in [3.8, 4) is 17.2 Å². The molecule has 0 atom stereocenters. The molecule has 0 aromatic heterocycles. The van der Waals surface area contributed by atoms with Gasteiger partial charge in [-0.3, -0.25) is 19.7 Å². The van der Waals surface area contributed by atoms with Crippen LogP contribution in [0.4, 0.5) is 5.69 Å². The number of carbonyl (C=O) groups is 3. The largest absolute Gasteiger partial charge is 0.496 e. The van der Waals surface area contributed by atoms with E-state index in [2.05, 4.69) is 10.6 Å². The number of hydrogen-bond donors (Lipinski definition) is 2. The Kier molecular flexibility index (Phi) is 5.17. The summed E-state index contributed by atoms with van der Waals surface area (Å²) >= 11 is 0. The molecule has 3 amide bonds. The van der Waals surface area contributed by atoms with Gasteiger partial charge in [0, 0.05) is 17.3 Å². The van der Waals surface area contributed by atoms with Gasteiger partial charge in [-0.2, -0.15) is 0 Å². The van der Waals surface area contributed by atoms with E-state index in [1.54, 1.807) is 43.5 Å². The fourth-order valence-corrected chi connectivity index (χ4v) is 3.21. The first-order chi connectivity index (χ1) is 14.5. The van der Waals surface area contributed by atoms with Crippen LogP contribution in [0.5, 0.6) is 17.2 Å². The summed E-state index contributed by atoms with van der Waals surface area (Å²) in [5.74, 6) is 0.498. The van der Waals surface area contributed by atoms with Gasteiger partial charge >= 0.3 is 0 Å². The number of benzene rings is 3. The van der Waals surface area contributed by atoms with Gasteiger partial charge in [0.1, 0.15) is 17.2 Å². The molecule has 0 radical (unpaired) electrons. The Morgan fingerprint density at radius 2 is 1.67 bits per heavy atom. The summed E-state index contributed by atoms with van der Waals surface area (Å²) in [5, 5.41) is 5.08. The Balaban J connectivity index is 1.46. The van der Waals surface area contributed by atoms with E-state index in [4.69, 9.17) is 9.47 Å². The van der Waals surface area contributed by atoms with Crippen LogP contribution in [0.25, 0.3) is 0 Å². The van der Waals surface area contributed by atoms with Crippen LogP contribution in [0.1, 0.15) is 26.3 Å². The fraction of sp³-hybridized carbons (Fsp3) is 0.0870. The Bertz CT molecular complexity index is 1160. The number of anilines is 1. The van der Waals surface area contributed by atoms with Crippen molar-refractivity contribution in [3.05, 3.63) is 83.4 Å². The molecule has 7 nitrogen and oxygen atoms in total. The minimum atomic E-state index is -0.446. The van der Waals surface area contributed by atoms with E-state index >= 15 is 0 Å². The summed E-state index contributed by atoms with van der Waals surface area (Å²) in [6.07, 6.45) is 0.170. The molecule has 0 saturated carbocycles. The molecule has 2 N–H and O–H groups in total. The number of carbonyl (C=O) groups excluding carboxylic acids is 3. The first kappa shape index (κ1) is 19.2. The van der Waals surface area contributed by atoms with Crippen LogP contribution in [0, 0.1) is 0 Å². The van der Waals surface area contributed by atoms with Crippen LogP contribution in [-0.2, 0) is 11.2 Å². The molecular formula is C23H18N2O5. The number of imide groups is 1. The minimum absolute atomic E-state index is 0.170. The predicted octanol–water partition coefficient (Wildman–Crippen LogP) is 3.55. The highest BCUT2D eigenvalue weighted by Crippen LogP contribution is 2.28. The van der Waals surface area contributed by atoms with E-state index in [0.29, 0.717) is 28.5 Å². The van der Waals surface area contributed by atoms with Crippen LogP contribution in [0.2, 0.25) is 0 Å². The van der Waals surface area contributed by atoms with E-state index < -0.39 is 11.8 Å². The number of fused-ring (bicyclic) bond motifs is 1. The zero-order valence-corrected chi connectivity index (χ0v) is 16.1. The Morgan fingerprint density at radius 3 is 2.50 bits per heavy atom. The first-order valence-electron chi connectivity index (χ1n) is 9.23. The SMILES string of the molecule is COc1ccccc1CC(=O)Nc1cccc(Oc2ccc3c(c2)C(=O)NC3=O)c1. The fourth-order valence-electron chi connectivity index (χ4n) is 3.21. The Hall–Kier alpha value is -4.13. The highest BCUT2D eigenvalue weighted by atomic mass is 16.5. The van der Waals surface area contributed by atoms with E-state index in [9.17, 15) is 14.4 Å². The molecule has 0 saturated heterocycles. The van der Waals surface area contributed by atoms with Gasteiger partial charge in [-0.25, -0.2) is 0 Å². The Morgan fingerprint density at radius 1 is 0.900 bits per heavy atom. The van der Waals surface area contributed by atoms with Gasteiger partial charge in [0.05, 0.1) is 24.7 Å². The summed E-state index contributed by atoms with van der Waals surface area (Å²) in [4.78, 5) is 35.9. The number of hydrogen-bond acceptors (Lipinski definition) is 5. The van der Waals surface area contributed by atoms with E-state index in [1.807, 2.05) is 24.3 Å². The lowest BCUT2D eigenvalue weighted by Crippen LogP contribution is -2.19. The van der Waals surface area contributed by atoms with Gasteiger partial charge in [0.25, 0.3) is 11.8 Å². The zero-order chi connectivity index (χ0) is 21.1. The summed E-state index contributed by atoms with van der Waals surface area (Å²) in [7, 11) is 1.57. The molecule has 0 aliphatic carbocycles. The van der Waals surface area contributed by atoms with E-state index in [1.165, 1.54) is 6.07 Å². The molecule has 1 aliphatic rings. The summed E-state index contributed by atoms with van der Waals surface area (Å²) in [6, 6.07) is 18.9. The van der Waals surface area contributed by atoms with Crippen molar-refractivity contribution < 1.29 is 23.9 Å². The van der Waals surface area contributed by atoms with Crippen molar-refractivity contribution in [3.63, 3.8) is 0 Å². The third kappa shape index (κ3) is 4.00. The van der Waals surface area contributed by atoms with Gasteiger partial charge in [-0.1, -0.05) is 24.3 Å². The highest BCUT2D eigenvalue weighted by Gasteiger charge is 2.26. The number of para-hydroxylation sites is 1. The molecule has 1 aliphatic heterocycles. The topological polar surface area (TPSA) is 93.7 Å². The number of ether oxygens (including phenoxy) is 2. The standard InChI is InChI=1S/C23H18N2O5/c1-29-20-8-3-2-5-14(20)11-21(26)24-15-6-4-7-16(12-15)30-17-9-10-18-19(13-17)23(28)25-22(18)27/h2-10,12-13H,11H2,1H3,(H,24,26)(H,25,27,28). The van der Waals surface area contributed by atoms with Crippen molar-refractivity contribution in [2.24, 2.45) is 0 Å². The summed E-state index contributed by atoms with van der Waals surface area (Å²) in [6.45, 7) is 0. The van der Waals surface area contributed by atoms with Crippen LogP contribution >= 0.6 is 0 Å². The second-order valence-electron chi connectivity index (χ2n) is 6.66. The molecule has 7 heteroatoms. The monoisotopic (exact) mass is 402 g/mol. The molecule has 3 aromatic rings. The molecule has 4 rings (SSSR count). The van der Waals surface area contributed by atoms with Crippen LogP contribution in [0.15, 0.2) is 66.7 Å². The van der Waals surface area contributed by atoms with Gasteiger partial charge in [-0.15, -0.1) is 0 Å². The minimum Gasteiger partial charge on any atom is -0.496 e. The van der Waals surface area contributed by atoms with Gasteiger partial charge < -0.3 is 14.8 Å². The summed E-state index contributed by atoms with van der Waals surface area (Å²) < 4.78 is 11.1. The third-order valence-corrected chi connectivity index (χ3v) is 4.60. The molecule has 0 fully saturated rings. The van der Waals surface area contributed by atoms with Crippen molar-refractivity contribution in [1.29, 1.82) is 0 Å². The van der Waals surface area contributed by atoms with Crippen molar-refractivity contribution >= 4 is 23.4 Å². The number of methoxy groups -OCH3 is 1. The molecule has 0 spiro atoms. The highest BCUT2D eigenvalue weighted by molar-refractivity contribution is 6.21.